The van der Waals surface area contributed by atoms with Crippen molar-refractivity contribution < 1.29 is 4.79 Å². The zero-order chi connectivity index (χ0) is 18.1. The lowest BCUT2D eigenvalue weighted by atomic mass is 10.0. The Bertz CT molecular complexity index is 1070. The van der Waals surface area contributed by atoms with E-state index in [1.807, 2.05) is 30.3 Å². The van der Waals surface area contributed by atoms with Gasteiger partial charge in [-0.3, -0.25) is 14.7 Å². The summed E-state index contributed by atoms with van der Waals surface area (Å²) in [5.74, 6) is -0.0770. The molecular weight excluding hydrogens is 366 g/mol. The summed E-state index contributed by atoms with van der Waals surface area (Å²) < 4.78 is 0. The van der Waals surface area contributed by atoms with Gasteiger partial charge in [-0.1, -0.05) is 54.1 Å². The first-order valence-electron chi connectivity index (χ1n) is 7.97. The van der Waals surface area contributed by atoms with Crippen molar-refractivity contribution in [3.8, 4) is 0 Å². The molecule has 1 aliphatic rings. The molecule has 0 aliphatic carbocycles. The predicted molar refractivity (Wildman–Crippen MR) is 109 cm³/mol. The molecule has 6 heteroatoms. The number of aromatic nitrogens is 1. The fraction of sp³-hybridized carbons (Fsp3) is 0.0500. The molecule has 2 heterocycles. The Morgan fingerprint density at radius 2 is 1.96 bits per heavy atom. The molecule has 0 saturated carbocycles. The standard InChI is InChI=1S/C20H14ClN3OS/c1-24-19(25)18(26-20(24)23-17-9-10-22-12-16(17)21)11-14-7-4-6-13-5-2-3-8-15(13)14/h2-12H,1H3/b18-11-,23-20?. The molecule has 26 heavy (non-hydrogen) atoms. The monoisotopic (exact) mass is 379 g/mol. The van der Waals surface area contributed by atoms with Crippen LogP contribution in [0.1, 0.15) is 5.56 Å². The van der Waals surface area contributed by atoms with Crippen LogP contribution in [0.5, 0.6) is 0 Å². The van der Waals surface area contributed by atoms with Gasteiger partial charge in [-0.15, -0.1) is 0 Å². The average molecular weight is 380 g/mol. The van der Waals surface area contributed by atoms with Gasteiger partial charge >= 0.3 is 0 Å². The predicted octanol–water partition coefficient (Wildman–Crippen LogP) is 5.12. The van der Waals surface area contributed by atoms with E-state index in [2.05, 4.69) is 28.2 Å². The number of amidine groups is 1. The lowest BCUT2D eigenvalue weighted by Gasteiger charge is -2.07. The zero-order valence-corrected chi connectivity index (χ0v) is 15.5. The lowest BCUT2D eigenvalue weighted by Crippen LogP contribution is -2.23. The maximum Gasteiger partial charge on any atom is 0.266 e. The first kappa shape index (κ1) is 16.8. The highest BCUT2D eigenvalue weighted by atomic mass is 35.5. The Labute approximate surface area is 160 Å². The van der Waals surface area contributed by atoms with Crippen LogP contribution in [0, 0.1) is 0 Å². The first-order valence-corrected chi connectivity index (χ1v) is 9.16. The van der Waals surface area contributed by atoms with E-state index in [1.165, 1.54) is 18.0 Å². The highest BCUT2D eigenvalue weighted by Crippen LogP contribution is 2.35. The molecule has 1 amide bonds. The normalized spacial score (nSPS) is 17.6. The molecule has 4 nitrogen and oxygen atoms in total. The fourth-order valence-electron chi connectivity index (χ4n) is 2.73. The largest absolute Gasteiger partial charge is 0.290 e. The highest BCUT2D eigenvalue weighted by molar-refractivity contribution is 8.18. The Balaban J connectivity index is 1.73. The third-order valence-electron chi connectivity index (χ3n) is 4.08. The zero-order valence-electron chi connectivity index (χ0n) is 13.9. The lowest BCUT2D eigenvalue weighted by molar-refractivity contribution is -0.121. The minimum atomic E-state index is -0.0770. The SMILES string of the molecule is CN1C(=O)/C(=C/c2cccc3ccccc23)SC1=Nc1ccncc1Cl. The summed E-state index contributed by atoms with van der Waals surface area (Å²) in [5.41, 5.74) is 1.60. The van der Waals surface area contributed by atoms with Gasteiger partial charge in [-0.2, -0.15) is 0 Å². The Kier molecular flexibility index (Phi) is 4.49. The number of hydrogen-bond acceptors (Lipinski definition) is 4. The number of halogens is 1. The second-order valence-electron chi connectivity index (χ2n) is 5.76. The van der Waals surface area contributed by atoms with Gasteiger partial charge in [0.25, 0.3) is 5.91 Å². The van der Waals surface area contributed by atoms with E-state index >= 15 is 0 Å². The summed E-state index contributed by atoms with van der Waals surface area (Å²) in [6, 6.07) is 15.9. The summed E-state index contributed by atoms with van der Waals surface area (Å²) >= 11 is 7.46. The topological polar surface area (TPSA) is 45.6 Å². The van der Waals surface area contributed by atoms with Crippen LogP contribution < -0.4 is 0 Å². The van der Waals surface area contributed by atoms with Crippen molar-refractivity contribution in [2.75, 3.05) is 7.05 Å². The Morgan fingerprint density at radius 3 is 2.81 bits per heavy atom. The van der Waals surface area contributed by atoms with Crippen LogP contribution in [-0.2, 0) is 4.79 Å². The molecule has 1 aliphatic heterocycles. The van der Waals surface area contributed by atoms with Crippen LogP contribution in [0.3, 0.4) is 0 Å². The highest BCUT2D eigenvalue weighted by Gasteiger charge is 2.30. The van der Waals surface area contributed by atoms with Crippen LogP contribution >= 0.6 is 23.4 Å². The average Bonchev–Trinajstić information content (AvgIpc) is 2.92. The number of carbonyl (C=O) groups excluding carboxylic acids is 1. The molecular formula is C20H14ClN3OS. The van der Waals surface area contributed by atoms with Crippen molar-refractivity contribution in [1.29, 1.82) is 0 Å². The maximum atomic E-state index is 12.6. The number of likely N-dealkylation sites (N-methyl/N-ethyl adjacent to an activating group) is 1. The maximum absolute atomic E-state index is 12.6. The van der Waals surface area contributed by atoms with Crippen molar-refractivity contribution in [3.05, 3.63) is 76.4 Å². The molecule has 128 valence electrons. The van der Waals surface area contributed by atoms with Crippen molar-refractivity contribution in [1.82, 2.24) is 9.88 Å². The summed E-state index contributed by atoms with van der Waals surface area (Å²) in [6.07, 6.45) is 5.08. The van der Waals surface area contributed by atoms with Gasteiger partial charge in [0.15, 0.2) is 5.17 Å². The molecule has 1 aromatic heterocycles. The molecule has 4 rings (SSSR count). The summed E-state index contributed by atoms with van der Waals surface area (Å²) in [5, 5.41) is 3.30. The number of pyridine rings is 1. The molecule has 3 aromatic rings. The van der Waals surface area contributed by atoms with Gasteiger partial charge in [-0.25, -0.2) is 4.99 Å². The van der Waals surface area contributed by atoms with E-state index < -0.39 is 0 Å². The van der Waals surface area contributed by atoms with Crippen LogP contribution in [0.25, 0.3) is 16.8 Å². The minimum absolute atomic E-state index is 0.0770. The van der Waals surface area contributed by atoms with E-state index in [9.17, 15) is 4.79 Å². The number of fused-ring (bicyclic) bond motifs is 1. The van der Waals surface area contributed by atoms with E-state index in [1.54, 1.807) is 24.2 Å². The van der Waals surface area contributed by atoms with Gasteiger partial charge in [-0.05, 0) is 40.2 Å². The van der Waals surface area contributed by atoms with Crippen molar-refractivity contribution >= 4 is 57.0 Å². The molecule has 2 aromatic carbocycles. The van der Waals surface area contributed by atoms with Crippen molar-refractivity contribution in [2.45, 2.75) is 0 Å². The number of aliphatic imine (C=N–C) groups is 1. The second kappa shape index (κ2) is 6.94. The molecule has 0 atom stereocenters. The number of rotatable bonds is 2. The van der Waals surface area contributed by atoms with E-state index in [0.717, 1.165) is 16.3 Å². The van der Waals surface area contributed by atoms with Crippen molar-refractivity contribution in [2.24, 2.45) is 4.99 Å². The number of amides is 1. The number of hydrogen-bond donors (Lipinski definition) is 0. The molecule has 0 bridgehead atoms. The van der Waals surface area contributed by atoms with Crippen LogP contribution in [0.2, 0.25) is 5.02 Å². The van der Waals surface area contributed by atoms with Crippen molar-refractivity contribution in [3.63, 3.8) is 0 Å². The number of thioether (sulfide) groups is 1. The van der Waals surface area contributed by atoms with Gasteiger partial charge in [0.05, 0.1) is 15.6 Å². The van der Waals surface area contributed by atoms with Crippen LogP contribution in [0.4, 0.5) is 5.69 Å². The number of carbonyl (C=O) groups is 1. The third-order valence-corrected chi connectivity index (χ3v) is 5.43. The van der Waals surface area contributed by atoms with E-state index in [4.69, 9.17) is 11.6 Å². The fourth-order valence-corrected chi connectivity index (χ4v) is 3.86. The third kappa shape index (κ3) is 3.11. The van der Waals surface area contributed by atoms with E-state index in [0.29, 0.717) is 20.8 Å². The van der Waals surface area contributed by atoms with Gasteiger partial charge in [0.1, 0.15) is 0 Å². The van der Waals surface area contributed by atoms with Gasteiger partial charge in [0.2, 0.25) is 0 Å². The number of nitrogens with zero attached hydrogens (tertiary/aromatic N) is 3. The first-order chi connectivity index (χ1) is 12.6. The van der Waals surface area contributed by atoms with Crippen LogP contribution in [0.15, 0.2) is 70.8 Å². The summed E-state index contributed by atoms with van der Waals surface area (Å²) in [6.45, 7) is 0. The smallest absolute Gasteiger partial charge is 0.266 e. The van der Waals surface area contributed by atoms with Gasteiger partial charge in [0, 0.05) is 19.4 Å². The Morgan fingerprint density at radius 1 is 1.15 bits per heavy atom. The molecule has 0 radical (unpaired) electrons. The number of benzene rings is 2. The Hall–Kier alpha value is -2.63. The summed E-state index contributed by atoms with van der Waals surface area (Å²) in [4.78, 5) is 23.3. The molecule has 1 fully saturated rings. The quantitative estimate of drug-likeness (QED) is 0.580. The summed E-state index contributed by atoms with van der Waals surface area (Å²) in [7, 11) is 1.72. The molecule has 0 N–H and O–H groups in total. The van der Waals surface area contributed by atoms with Gasteiger partial charge < -0.3 is 0 Å². The van der Waals surface area contributed by atoms with Crippen LogP contribution in [-0.4, -0.2) is 28.0 Å². The minimum Gasteiger partial charge on any atom is -0.290 e. The molecule has 0 spiro atoms. The molecule has 0 unspecified atom stereocenters. The second-order valence-corrected chi connectivity index (χ2v) is 7.18. The van der Waals surface area contributed by atoms with E-state index in [-0.39, 0.29) is 5.91 Å². The molecule has 1 saturated heterocycles.